The smallest absolute Gasteiger partial charge is 0.107 e. The van der Waals surface area contributed by atoms with Crippen molar-refractivity contribution in [3.8, 4) is 0 Å². The maximum atomic E-state index is 6.09. The lowest BCUT2D eigenvalue weighted by Gasteiger charge is -2.16. The summed E-state index contributed by atoms with van der Waals surface area (Å²) in [5, 5.41) is 4.01. The molecule has 1 nitrogen and oxygen atoms in total. The van der Waals surface area contributed by atoms with Gasteiger partial charge in [0.25, 0.3) is 0 Å². The normalized spacial score (nSPS) is 12.7. The van der Waals surface area contributed by atoms with Crippen LogP contribution >= 0.6 is 66.4 Å². The van der Waals surface area contributed by atoms with Crippen LogP contribution in [0.1, 0.15) is 16.5 Å². The van der Waals surface area contributed by atoms with Gasteiger partial charge in [0.05, 0.1) is 6.04 Å². The van der Waals surface area contributed by atoms with Crippen LogP contribution in [0.2, 0.25) is 9.36 Å². The maximum absolute atomic E-state index is 6.09. The monoisotopic (exact) mass is 427 g/mol. The first-order chi connectivity index (χ1) is 8.52. The Balaban J connectivity index is 2.45. The second-order valence-electron chi connectivity index (χ2n) is 3.66. The summed E-state index contributed by atoms with van der Waals surface area (Å²) >= 11 is 20.6. The molecule has 1 atom stereocenters. The molecule has 0 radical (unpaired) electrons. The molecule has 0 saturated carbocycles. The molecular formula is C12H9Br2Cl2NS. The second-order valence-corrected chi connectivity index (χ2v) is 7.49. The summed E-state index contributed by atoms with van der Waals surface area (Å²) in [4.78, 5) is 1.15. The van der Waals surface area contributed by atoms with E-state index in [1.807, 2.05) is 31.3 Å². The minimum Gasteiger partial charge on any atom is -0.309 e. The molecule has 1 aromatic carbocycles. The Hall–Kier alpha value is 0.420. The molecule has 1 heterocycles. The zero-order chi connectivity index (χ0) is 13.3. The lowest BCUT2D eigenvalue weighted by molar-refractivity contribution is 0.701. The highest BCUT2D eigenvalue weighted by Gasteiger charge is 2.18. The summed E-state index contributed by atoms with van der Waals surface area (Å²) < 4.78 is 2.67. The van der Waals surface area contributed by atoms with Gasteiger partial charge in [-0.2, -0.15) is 0 Å². The summed E-state index contributed by atoms with van der Waals surface area (Å²) in [6, 6.07) is 7.91. The van der Waals surface area contributed by atoms with Crippen LogP contribution in [-0.4, -0.2) is 7.05 Å². The molecule has 0 saturated heterocycles. The zero-order valence-corrected chi connectivity index (χ0v) is 14.8. The zero-order valence-electron chi connectivity index (χ0n) is 9.31. The quantitative estimate of drug-likeness (QED) is 0.641. The molecular weight excluding hydrogens is 421 g/mol. The van der Waals surface area contributed by atoms with Crippen LogP contribution in [0, 0.1) is 0 Å². The number of hydrogen-bond donors (Lipinski definition) is 1. The molecule has 0 fully saturated rings. The van der Waals surface area contributed by atoms with Crippen LogP contribution in [0.3, 0.4) is 0 Å². The second kappa shape index (κ2) is 6.25. The molecule has 96 valence electrons. The van der Waals surface area contributed by atoms with Crippen LogP contribution in [0.25, 0.3) is 0 Å². The van der Waals surface area contributed by atoms with Crippen molar-refractivity contribution in [1.82, 2.24) is 5.32 Å². The fourth-order valence-corrected chi connectivity index (χ4v) is 4.47. The van der Waals surface area contributed by atoms with Gasteiger partial charge >= 0.3 is 0 Å². The van der Waals surface area contributed by atoms with Crippen molar-refractivity contribution in [3.63, 3.8) is 0 Å². The van der Waals surface area contributed by atoms with Crippen LogP contribution in [0.4, 0.5) is 0 Å². The summed E-state index contributed by atoms with van der Waals surface area (Å²) in [6.45, 7) is 0. The SMILES string of the molecule is CNC(c1cc(Br)c(Cl)s1)c1ccc(Cl)cc1Br. The topological polar surface area (TPSA) is 12.0 Å². The van der Waals surface area contributed by atoms with Gasteiger partial charge in [-0.3, -0.25) is 0 Å². The number of benzene rings is 1. The highest BCUT2D eigenvalue weighted by molar-refractivity contribution is 9.10. The first-order valence-corrected chi connectivity index (χ1v) is 8.25. The Morgan fingerprint density at radius 2 is 1.89 bits per heavy atom. The van der Waals surface area contributed by atoms with E-state index in [-0.39, 0.29) is 6.04 Å². The van der Waals surface area contributed by atoms with Gasteiger partial charge in [0.2, 0.25) is 0 Å². The molecule has 1 unspecified atom stereocenters. The van der Waals surface area contributed by atoms with Gasteiger partial charge in [-0.05, 0) is 46.7 Å². The molecule has 1 N–H and O–H groups in total. The van der Waals surface area contributed by atoms with E-state index < -0.39 is 0 Å². The number of hydrogen-bond acceptors (Lipinski definition) is 2. The lowest BCUT2D eigenvalue weighted by atomic mass is 10.1. The Morgan fingerprint density at radius 1 is 1.17 bits per heavy atom. The van der Waals surface area contributed by atoms with Gasteiger partial charge in [-0.15, -0.1) is 11.3 Å². The third kappa shape index (κ3) is 3.11. The van der Waals surface area contributed by atoms with Crippen LogP contribution in [0.5, 0.6) is 0 Å². The van der Waals surface area contributed by atoms with Crippen molar-refractivity contribution in [2.45, 2.75) is 6.04 Å². The number of thiophene rings is 1. The fraction of sp³-hybridized carbons (Fsp3) is 0.167. The summed E-state index contributed by atoms with van der Waals surface area (Å²) in [5.74, 6) is 0. The third-order valence-corrected chi connectivity index (χ3v) is 5.97. The summed E-state index contributed by atoms with van der Waals surface area (Å²) in [6.07, 6.45) is 0. The maximum Gasteiger partial charge on any atom is 0.107 e. The van der Waals surface area contributed by atoms with Crippen molar-refractivity contribution in [3.05, 3.63) is 53.0 Å². The predicted octanol–water partition coefficient (Wildman–Crippen LogP) is 5.89. The van der Waals surface area contributed by atoms with E-state index in [1.165, 1.54) is 0 Å². The summed E-state index contributed by atoms with van der Waals surface area (Å²) in [7, 11) is 1.92. The first kappa shape index (κ1) is 14.8. The molecule has 0 amide bonds. The van der Waals surface area contributed by atoms with Crippen molar-refractivity contribution in [2.24, 2.45) is 0 Å². The van der Waals surface area contributed by atoms with Gasteiger partial charge in [0, 0.05) is 18.8 Å². The minimum absolute atomic E-state index is 0.0884. The van der Waals surface area contributed by atoms with E-state index >= 15 is 0 Å². The molecule has 0 aliphatic carbocycles. The van der Waals surface area contributed by atoms with Gasteiger partial charge in [0.1, 0.15) is 4.34 Å². The minimum atomic E-state index is 0.0884. The Bertz CT molecular complexity index is 552. The van der Waals surface area contributed by atoms with Gasteiger partial charge in [0.15, 0.2) is 0 Å². The molecule has 1 aromatic heterocycles. The highest BCUT2D eigenvalue weighted by Crippen LogP contribution is 2.39. The van der Waals surface area contributed by atoms with Crippen molar-refractivity contribution >= 4 is 66.4 Å². The fourth-order valence-electron chi connectivity index (χ4n) is 1.69. The summed E-state index contributed by atoms with van der Waals surface area (Å²) in [5.41, 5.74) is 1.13. The van der Waals surface area contributed by atoms with Crippen molar-refractivity contribution in [1.29, 1.82) is 0 Å². The number of rotatable bonds is 3. The molecule has 0 spiro atoms. The van der Waals surface area contributed by atoms with Crippen molar-refractivity contribution < 1.29 is 0 Å². The molecule has 2 rings (SSSR count). The molecule has 0 bridgehead atoms. The number of nitrogens with one attached hydrogen (secondary N) is 1. The van der Waals surface area contributed by atoms with E-state index in [0.717, 1.165) is 23.7 Å². The van der Waals surface area contributed by atoms with Crippen LogP contribution in [0.15, 0.2) is 33.2 Å². The number of halogens is 4. The van der Waals surface area contributed by atoms with Crippen molar-refractivity contribution in [2.75, 3.05) is 7.05 Å². The molecule has 6 heteroatoms. The average molecular weight is 430 g/mol. The Labute approximate surface area is 137 Å². The van der Waals surface area contributed by atoms with Gasteiger partial charge < -0.3 is 5.32 Å². The highest BCUT2D eigenvalue weighted by atomic mass is 79.9. The van der Waals surface area contributed by atoms with Crippen LogP contribution in [-0.2, 0) is 0 Å². The molecule has 0 aliphatic heterocycles. The standard InChI is InChI=1S/C12H9Br2Cl2NS/c1-17-11(10-5-9(14)12(16)18-10)7-3-2-6(15)4-8(7)13/h2-5,11,17H,1H3. The van der Waals surface area contributed by atoms with E-state index in [2.05, 4.69) is 37.2 Å². The Kier molecular flexibility index (Phi) is 5.14. The van der Waals surface area contributed by atoms with Gasteiger partial charge in [-0.25, -0.2) is 0 Å². The molecule has 18 heavy (non-hydrogen) atoms. The van der Waals surface area contributed by atoms with E-state index in [0.29, 0.717) is 5.02 Å². The molecule has 2 aromatic rings. The predicted molar refractivity (Wildman–Crippen MR) is 87.1 cm³/mol. The largest absolute Gasteiger partial charge is 0.309 e. The van der Waals surface area contributed by atoms with E-state index in [9.17, 15) is 0 Å². The van der Waals surface area contributed by atoms with Gasteiger partial charge in [-0.1, -0.05) is 45.2 Å². The van der Waals surface area contributed by atoms with E-state index in [4.69, 9.17) is 23.2 Å². The van der Waals surface area contributed by atoms with Crippen LogP contribution < -0.4 is 5.32 Å². The average Bonchev–Trinajstić information content (AvgIpc) is 2.63. The van der Waals surface area contributed by atoms with E-state index in [1.54, 1.807) is 11.3 Å². The Morgan fingerprint density at radius 3 is 2.39 bits per heavy atom. The molecule has 0 aliphatic rings. The lowest BCUT2D eigenvalue weighted by Crippen LogP contribution is -2.16. The first-order valence-electron chi connectivity index (χ1n) is 5.10. The third-order valence-electron chi connectivity index (χ3n) is 2.51.